The Hall–Kier alpha value is -2.37. The van der Waals surface area contributed by atoms with E-state index in [-0.39, 0.29) is 24.3 Å². The standard InChI is InChI=1S/C15H18N2O4/c1-9-7-12(9)15(20)17-11-5-3-10(4-6-11)14(19)16-8-13(18)21-2/h3-6,9,12H,7-8H2,1-2H3,(H,16,19)(H,17,20). The molecule has 6 nitrogen and oxygen atoms in total. The fourth-order valence-electron chi connectivity index (χ4n) is 1.95. The molecule has 0 aromatic heterocycles. The third-order valence-corrected chi connectivity index (χ3v) is 3.48. The predicted octanol–water partition coefficient (Wildman–Crippen LogP) is 1.18. The molecule has 2 atom stereocenters. The van der Waals surface area contributed by atoms with Crippen LogP contribution < -0.4 is 10.6 Å². The summed E-state index contributed by atoms with van der Waals surface area (Å²) in [5.74, 6) is -0.299. The van der Waals surface area contributed by atoms with E-state index in [1.165, 1.54) is 7.11 Å². The van der Waals surface area contributed by atoms with Crippen LogP contribution >= 0.6 is 0 Å². The molecule has 1 aliphatic carbocycles. The summed E-state index contributed by atoms with van der Waals surface area (Å²) in [5, 5.41) is 5.26. The average molecular weight is 290 g/mol. The molecule has 21 heavy (non-hydrogen) atoms. The van der Waals surface area contributed by atoms with Gasteiger partial charge in [-0.15, -0.1) is 0 Å². The Morgan fingerprint density at radius 3 is 2.38 bits per heavy atom. The highest BCUT2D eigenvalue weighted by atomic mass is 16.5. The summed E-state index contributed by atoms with van der Waals surface area (Å²) in [7, 11) is 1.26. The Morgan fingerprint density at radius 1 is 1.24 bits per heavy atom. The zero-order valence-corrected chi connectivity index (χ0v) is 12.0. The number of nitrogens with one attached hydrogen (secondary N) is 2. The monoisotopic (exact) mass is 290 g/mol. The van der Waals surface area contributed by atoms with Crippen LogP contribution in [0.3, 0.4) is 0 Å². The lowest BCUT2D eigenvalue weighted by Gasteiger charge is -2.07. The van der Waals surface area contributed by atoms with Gasteiger partial charge in [-0.3, -0.25) is 14.4 Å². The average Bonchev–Trinajstić information content (AvgIpc) is 3.22. The molecule has 1 aliphatic rings. The van der Waals surface area contributed by atoms with E-state index in [0.717, 1.165) is 6.42 Å². The number of rotatable bonds is 5. The number of anilines is 1. The highest BCUT2D eigenvalue weighted by Crippen LogP contribution is 2.38. The highest BCUT2D eigenvalue weighted by Gasteiger charge is 2.38. The van der Waals surface area contributed by atoms with Crippen molar-refractivity contribution in [2.24, 2.45) is 11.8 Å². The van der Waals surface area contributed by atoms with Crippen molar-refractivity contribution in [3.05, 3.63) is 29.8 Å². The SMILES string of the molecule is COC(=O)CNC(=O)c1ccc(NC(=O)C2CC2C)cc1. The van der Waals surface area contributed by atoms with Gasteiger partial charge in [-0.05, 0) is 36.6 Å². The van der Waals surface area contributed by atoms with Gasteiger partial charge in [0.05, 0.1) is 7.11 Å². The summed E-state index contributed by atoms with van der Waals surface area (Å²) < 4.78 is 4.44. The minimum atomic E-state index is -0.509. The van der Waals surface area contributed by atoms with Crippen LogP contribution in [0.15, 0.2) is 24.3 Å². The molecule has 0 aliphatic heterocycles. The zero-order chi connectivity index (χ0) is 15.4. The summed E-state index contributed by atoms with van der Waals surface area (Å²) in [6, 6.07) is 6.52. The lowest BCUT2D eigenvalue weighted by molar-refractivity contribution is -0.139. The fraction of sp³-hybridized carbons (Fsp3) is 0.400. The molecule has 2 amide bonds. The van der Waals surface area contributed by atoms with Crippen molar-refractivity contribution in [2.45, 2.75) is 13.3 Å². The maximum absolute atomic E-state index is 11.8. The molecule has 2 unspecified atom stereocenters. The van der Waals surface area contributed by atoms with Gasteiger partial charge < -0.3 is 15.4 Å². The molecule has 0 radical (unpaired) electrons. The first-order chi connectivity index (χ1) is 10.0. The summed E-state index contributed by atoms with van der Waals surface area (Å²) in [6.07, 6.45) is 0.930. The van der Waals surface area contributed by atoms with Crippen molar-refractivity contribution < 1.29 is 19.1 Å². The Morgan fingerprint density at radius 2 is 1.86 bits per heavy atom. The van der Waals surface area contributed by atoms with Crippen molar-refractivity contribution in [3.8, 4) is 0 Å². The van der Waals surface area contributed by atoms with Gasteiger partial charge in [-0.2, -0.15) is 0 Å². The van der Waals surface area contributed by atoms with E-state index in [9.17, 15) is 14.4 Å². The van der Waals surface area contributed by atoms with Crippen LogP contribution in [-0.4, -0.2) is 31.4 Å². The number of esters is 1. The largest absolute Gasteiger partial charge is 0.468 e. The van der Waals surface area contributed by atoms with Crippen molar-refractivity contribution >= 4 is 23.5 Å². The van der Waals surface area contributed by atoms with Gasteiger partial charge in [-0.1, -0.05) is 6.92 Å². The van der Waals surface area contributed by atoms with Crippen molar-refractivity contribution in [3.63, 3.8) is 0 Å². The number of benzene rings is 1. The molecule has 1 aromatic rings. The number of methoxy groups -OCH3 is 1. The minimum Gasteiger partial charge on any atom is -0.468 e. The van der Waals surface area contributed by atoms with Crippen LogP contribution in [0, 0.1) is 11.8 Å². The summed E-state index contributed by atoms with van der Waals surface area (Å²) in [5.41, 5.74) is 1.07. The summed E-state index contributed by atoms with van der Waals surface area (Å²) >= 11 is 0. The number of hydrogen-bond donors (Lipinski definition) is 2. The molecule has 6 heteroatoms. The second kappa shape index (κ2) is 6.39. The van der Waals surface area contributed by atoms with Gasteiger partial charge in [0.2, 0.25) is 5.91 Å². The van der Waals surface area contributed by atoms with E-state index in [1.54, 1.807) is 24.3 Å². The third kappa shape index (κ3) is 4.05. The molecule has 112 valence electrons. The van der Waals surface area contributed by atoms with E-state index in [4.69, 9.17) is 0 Å². The molecule has 0 heterocycles. The Kier molecular flexibility index (Phi) is 4.57. The number of hydrogen-bond acceptors (Lipinski definition) is 4. The number of amides is 2. The second-order valence-electron chi connectivity index (χ2n) is 5.14. The van der Waals surface area contributed by atoms with Crippen LogP contribution in [0.5, 0.6) is 0 Å². The van der Waals surface area contributed by atoms with E-state index in [1.807, 2.05) is 6.92 Å². The van der Waals surface area contributed by atoms with E-state index < -0.39 is 5.97 Å². The van der Waals surface area contributed by atoms with Gasteiger partial charge in [-0.25, -0.2) is 0 Å². The molecule has 2 N–H and O–H groups in total. The first-order valence-corrected chi connectivity index (χ1v) is 6.77. The quantitative estimate of drug-likeness (QED) is 0.798. The van der Waals surface area contributed by atoms with Crippen molar-refractivity contribution in [1.82, 2.24) is 5.32 Å². The molecule has 1 fully saturated rings. The molecule has 0 spiro atoms. The van der Waals surface area contributed by atoms with Crippen molar-refractivity contribution in [1.29, 1.82) is 0 Å². The molecule has 0 bridgehead atoms. The van der Waals surface area contributed by atoms with Crippen LogP contribution in [-0.2, 0) is 14.3 Å². The molecular weight excluding hydrogens is 272 g/mol. The molecule has 1 saturated carbocycles. The van der Waals surface area contributed by atoms with Gasteiger partial charge in [0.15, 0.2) is 0 Å². The van der Waals surface area contributed by atoms with E-state index in [0.29, 0.717) is 17.2 Å². The van der Waals surface area contributed by atoms with Gasteiger partial charge in [0.25, 0.3) is 5.91 Å². The van der Waals surface area contributed by atoms with Gasteiger partial charge in [0, 0.05) is 17.2 Å². The van der Waals surface area contributed by atoms with Gasteiger partial charge in [0.1, 0.15) is 6.54 Å². The minimum absolute atomic E-state index is 0.0189. The Bertz CT molecular complexity index is 553. The molecule has 1 aromatic carbocycles. The summed E-state index contributed by atoms with van der Waals surface area (Å²) in [4.78, 5) is 34.5. The maximum Gasteiger partial charge on any atom is 0.325 e. The second-order valence-corrected chi connectivity index (χ2v) is 5.14. The van der Waals surface area contributed by atoms with Crippen molar-refractivity contribution in [2.75, 3.05) is 19.0 Å². The number of carbonyl (C=O) groups is 3. The Labute approximate surface area is 122 Å². The Balaban J connectivity index is 1.87. The zero-order valence-electron chi connectivity index (χ0n) is 12.0. The first-order valence-electron chi connectivity index (χ1n) is 6.77. The lowest BCUT2D eigenvalue weighted by atomic mass is 10.2. The van der Waals surface area contributed by atoms with Crippen LogP contribution in [0.25, 0.3) is 0 Å². The molecule has 0 saturated heterocycles. The predicted molar refractivity (Wildman–Crippen MR) is 76.7 cm³/mol. The first kappa shape index (κ1) is 15.0. The number of carbonyl (C=O) groups excluding carboxylic acids is 3. The topological polar surface area (TPSA) is 84.5 Å². The third-order valence-electron chi connectivity index (χ3n) is 3.48. The highest BCUT2D eigenvalue weighted by molar-refractivity contribution is 5.97. The molecule has 2 rings (SSSR count). The van der Waals surface area contributed by atoms with Crippen LogP contribution in [0.1, 0.15) is 23.7 Å². The smallest absolute Gasteiger partial charge is 0.325 e. The fourth-order valence-corrected chi connectivity index (χ4v) is 1.95. The molecular formula is C15H18N2O4. The van der Waals surface area contributed by atoms with Crippen LogP contribution in [0.4, 0.5) is 5.69 Å². The van der Waals surface area contributed by atoms with E-state index >= 15 is 0 Å². The lowest BCUT2D eigenvalue weighted by Crippen LogP contribution is -2.30. The van der Waals surface area contributed by atoms with Crippen LogP contribution in [0.2, 0.25) is 0 Å². The number of ether oxygens (including phenoxy) is 1. The van der Waals surface area contributed by atoms with Gasteiger partial charge >= 0.3 is 5.97 Å². The van der Waals surface area contributed by atoms with E-state index in [2.05, 4.69) is 15.4 Å². The maximum atomic E-state index is 11.8. The summed E-state index contributed by atoms with van der Waals surface area (Å²) in [6.45, 7) is 1.87. The normalized spacial score (nSPS) is 19.5.